The van der Waals surface area contributed by atoms with Crippen LogP contribution in [-0.2, 0) is 16.0 Å². The number of benzene rings is 1. The van der Waals surface area contributed by atoms with Gasteiger partial charge in [0.15, 0.2) is 0 Å². The Kier molecular flexibility index (Phi) is 7.91. The van der Waals surface area contributed by atoms with Gasteiger partial charge in [0.25, 0.3) is 0 Å². The van der Waals surface area contributed by atoms with Crippen LogP contribution in [0.4, 0.5) is 0 Å². The van der Waals surface area contributed by atoms with Crippen LogP contribution in [0.5, 0.6) is 5.75 Å². The molecule has 2 fully saturated rings. The van der Waals surface area contributed by atoms with E-state index in [-0.39, 0.29) is 24.1 Å². The lowest BCUT2D eigenvalue weighted by atomic mass is 10.00. The molecule has 0 spiro atoms. The third-order valence-corrected chi connectivity index (χ3v) is 5.13. The second-order valence-corrected chi connectivity index (χ2v) is 7.32. The smallest absolute Gasteiger partial charge is 0.223 e. The van der Waals surface area contributed by atoms with Gasteiger partial charge in [-0.25, -0.2) is 0 Å². The topological polar surface area (TPSA) is 67.4 Å². The van der Waals surface area contributed by atoms with Gasteiger partial charge in [0, 0.05) is 24.5 Å². The Morgan fingerprint density at radius 1 is 1.12 bits per heavy atom. The Labute approximate surface area is 161 Å². The van der Waals surface area contributed by atoms with E-state index in [4.69, 9.17) is 4.74 Å². The molecule has 0 radical (unpaired) electrons. The third kappa shape index (κ3) is 6.29. The third-order valence-electron chi connectivity index (χ3n) is 5.13. The van der Waals surface area contributed by atoms with Gasteiger partial charge in [0.1, 0.15) is 11.5 Å². The zero-order valence-corrected chi connectivity index (χ0v) is 16.1. The van der Waals surface area contributed by atoms with Gasteiger partial charge in [0.2, 0.25) is 5.91 Å². The highest BCUT2D eigenvalue weighted by Crippen LogP contribution is 2.26. The highest BCUT2D eigenvalue weighted by Gasteiger charge is 2.33. The molecule has 2 bridgehead atoms. The number of carbonyl (C=O) groups is 2. The van der Waals surface area contributed by atoms with Crippen LogP contribution in [0.25, 0.3) is 0 Å². The number of Topliss-reactive ketones (excluding diaryl/α,β-unsaturated/α-hetero) is 1. The minimum absolute atomic E-state index is 0. The van der Waals surface area contributed by atoms with Crippen LogP contribution in [0.3, 0.4) is 0 Å². The number of piperidine rings is 1. The number of ketones is 1. The molecule has 1 amide bonds. The molecule has 5 nitrogen and oxygen atoms in total. The molecule has 2 unspecified atom stereocenters. The molecule has 2 N–H and O–H groups in total. The lowest BCUT2D eigenvalue weighted by Gasteiger charge is -2.29. The van der Waals surface area contributed by atoms with Gasteiger partial charge in [-0.3, -0.25) is 4.79 Å². The fraction of sp³-hybridized carbons (Fsp3) is 0.600. The average Bonchev–Trinajstić information content (AvgIpc) is 2.92. The largest absolute Gasteiger partial charge is 0.493 e. The van der Waals surface area contributed by atoms with Gasteiger partial charge in [0.05, 0.1) is 13.0 Å². The van der Waals surface area contributed by atoms with Crippen molar-refractivity contribution in [1.82, 2.24) is 10.6 Å². The van der Waals surface area contributed by atoms with E-state index in [1.165, 1.54) is 12.8 Å². The second-order valence-electron chi connectivity index (χ2n) is 7.32. The van der Waals surface area contributed by atoms with Crippen LogP contribution in [0, 0.1) is 0 Å². The fourth-order valence-electron chi connectivity index (χ4n) is 3.81. The van der Waals surface area contributed by atoms with Crippen molar-refractivity contribution in [2.45, 2.75) is 70.0 Å². The molecule has 0 aromatic heterocycles. The summed E-state index contributed by atoms with van der Waals surface area (Å²) in [5.74, 6) is 1.04. The normalized spacial score (nSPS) is 23.8. The molecular weight excluding hydrogens is 352 g/mol. The molecule has 6 heteroatoms. The first-order chi connectivity index (χ1) is 12.1. The summed E-state index contributed by atoms with van der Waals surface area (Å²) in [5.41, 5.74) is 1.13. The molecule has 3 rings (SSSR count). The van der Waals surface area contributed by atoms with Gasteiger partial charge < -0.3 is 20.2 Å². The fourth-order valence-corrected chi connectivity index (χ4v) is 3.81. The molecular formula is C20H29ClN2O3. The Hall–Kier alpha value is -1.59. The second kappa shape index (κ2) is 9.93. The maximum absolute atomic E-state index is 12.1. The van der Waals surface area contributed by atoms with Crippen molar-refractivity contribution < 1.29 is 14.3 Å². The number of hydrogen-bond donors (Lipinski definition) is 2. The Balaban J connectivity index is 0.00000243. The molecule has 1 aromatic rings. The summed E-state index contributed by atoms with van der Waals surface area (Å²) in [4.78, 5) is 23.1. The van der Waals surface area contributed by atoms with Gasteiger partial charge >= 0.3 is 0 Å². The van der Waals surface area contributed by atoms with E-state index in [0.717, 1.165) is 30.6 Å². The van der Waals surface area contributed by atoms with Crippen LogP contribution in [0.2, 0.25) is 0 Å². The van der Waals surface area contributed by atoms with Crippen LogP contribution >= 0.6 is 12.4 Å². The van der Waals surface area contributed by atoms with Crippen molar-refractivity contribution >= 4 is 24.1 Å². The number of carbonyl (C=O) groups excluding carboxylic acids is 2. The van der Waals surface area contributed by atoms with Gasteiger partial charge in [-0.1, -0.05) is 12.1 Å². The molecule has 1 aromatic carbocycles. The summed E-state index contributed by atoms with van der Waals surface area (Å²) in [5, 5.41) is 6.73. The molecule has 2 aliphatic heterocycles. The standard InChI is InChI=1S/C20H28N2O3.ClH/c1-14(23)2-3-15-4-8-19(9-5-15)25-11-10-20(24)22-18-12-16-6-7-17(13-18)21-16;/h4-5,8-9,16-18,21H,2-3,6-7,10-13H2,1H3,(H,22,24);1H. The van der Waals surface area contributed by atoms with Crippen LogP contribution in [-0.4, -0.2) is 36.4 Å². The van der Waals surface area contributed by atoms with Crippen LogP contribution in [0.15, 0.2) is 24.3 Å². The number of aryl methyl sites for hydroxylation is 1. The molecule has 26 heavy (non-hydrogen) atoms. The minimum Gasteiger partial charge on any atom is -0.493 e. The summed E-state index contributed by atoms with van der Waals surface area (Å²) in [6, 6.07) is 9.23. The predicted octanol–water partition coefficient (Wildman–Crippen LogP) is 2.80. The first-order valence-corrected chi connectivity index (χ1v) is 9.35. The van der Waals surface area contributed by atoms with E-state index < -0.39 is 0 Å². The molecule has 2 heterocycles. The molecule has 144 valence electrons. The molecule has 2 atom stereocenters. The summed E-state index contributed by atoms with van der Waals surface area (Å²) >= 11 is 0. The molecule has 2 aliphatic rings. The summed E-state index contributed by atoms with van der Waals surface area (Å²) < 4.78 is 5.66. The molecule has 0 aliphatic carbocycles. The Bertz CT molecular complexity index is 594. The highest BCUT2D eigenvalue weighted by molar-refractivity contribution is 5.85. The number of amides is 1. The lowest BCUT2D eigenvalue weighted by molar-refractivity contribution is -0.122. The minimum atomic E-state index is 0. The van der Waals surface area contributed by atoms with E-state index >= 15 is 0 Å². The number of ether oxygens (including phenoxy) is 1. The lowest BCUT2D eigenvalue weighted by Crippen LogP contribution is -2.48. The van der Waals surface area contributed by atoms with E-state index in [1.807, 2.05) is 24.3 Å². The highest BCUT2D eigenvalue weighted by atomic mass is 35.5. The number of halogens is 1. The zero-order chi connectivity index (χ0) is 17.6. The Morgan fingerprint density at radius 2 is 1.77 bits per heavy atom. The molecule has 2 saturated heterocycles. The number of rotatable bonds is 8. The first-order valence-electron chi connectivity index (χ1n) is 9.35. The summed E-state index contributed by atoms with van der Waals surface area (Å²) in [6.45, 7) is 1.99. The summed E-state index contributed by atoms with van der Waals surface area (Å²) in [6.07, 6.45) is 6.28. The van der Waals surface area contributed by atoms with Crippen LogP contribution in [0.1, 0.15) is 51.0 Å². The predicted molar refractivity (Wildman–Crippen MR) is 104 cm³/mol. The van der Waals surface area contributed by atoms with Gasteiger partial charge in [-0.15, -0.1) is 12.4 Å². The van der Waals surface area contributed by atoms with Crippen molar-refractivity contribution in [3.8, 4) is 5.75 Å². The van der Waals surface area contributed by atoms with E-state index in [0.29, 0.717) is 37.6 Å². The van der Waals surface area contributed by atoms with Crippen molar-refractivity contribution in [2.75, 3.05) is 6.61 Å². The van der Waals surface area contributed by atoms with Crippen molar-refractivity contribution in [3.63, 3.8) is 0 Å². The monoisotopic (exact) mass is 380 g/mol. The average molecular weight is 381 g/mol. The van der Waals surface area contributed by atoms with Crippen LogP contribution < -0.4 is 15.4 Å². The van der Waals surface area contributed by atoms with Crippen molar-refractivity contribution in [3.05, 3.63) is 29.8 Å². The maximum atomic E-state index is 12.1. The van der Waals surface area contributed by atoms with E-state index in [9.17, 15) is 9.59 Å². The SMILES string of the molecule is CC(=O)CCc1ccc(OCCC(=O)NC2CC3CCC(C2)N3)cc1.Cl. The quantitative estimate of drug-likeness (QED) is 0.727. The number of nitrogens with one attached hydrogen (secondary N) is 2. The van der Waals surface area contributed by atoms with E-state index in [2.05, 4.69) is 10.6 Å². The Morgan fingerprint density at radius 3 is 2.38 bits per heavy atom. The number of fused-ring (bicyclic) bond motifs is 2. The summed E-state index contributed by atoms with van der Waals surface area (Å²) in [7, 11) is 0. The van der Waals surface area contributed by atoms with Crippen molar-refractivity contribution in [2.24, 2.45) is 0 Å². The van der Waals surface area contributed by atoms with Crippen molar-refractivity contribution in [1.29, 1.82) is 0 Å². The maximum Gasteiger partial charge on any atom is 0.223 e. The first kappa shape index (κ1) is 20.7. The van der Waals surface area contributed by atoms with Gasteiger partial charge in [-0.2, -0.15) is 0 Å². The molecule has 0 saturated carbocycles. The zero-order valence-electron chi connectivity index (χ0n) is 15.3. The number of hydrogen-bond acceptors (Lipinski definition) is 4. The van der Waals surface area contributed by atoms with E-state index in [1.54, 1.807) is 6.92 Å². The van der Waals surface area contributed by atoms with Gasteiger partial charge in [-0.05, 0) is 56.7 Å².